The highest BCUT2D eigenvalue weighted by atomic mass is 16.5. The van der Waals surface area contributed by atoms with Crippen molar-refractivity contribution in [3.05, 3.63) is 46.0 Å². The van der Waals surface area contributed by atoms with E-state index in [1.807, 2.05) is 0 Å². The number of rotatable bonds is 2. The smallest absolute Gasteiger partial charge is 0.143 e. The van der Waals surface area contributed by atoms with Crippen LogP contribution in [0.5, 0.6) is 5.75 Å². The minimum Gasteiger partial charge on any atom is -0.496 e. The van der Waals surface area contributed by atoms with Gasteiger partial charge in [0.15, 0.2) is 0 Å². The van der Waals surface area contributed by atoms with Crippen LogP contribution in [0.25, 0.3) is 5.57 Å². The summed E-state index contributed by atoms with van der Waals surface area (Å²) >= 11 is 0. The Morgan fingerprint density at radius 3 is 2.78 bits per heavy atom. The van der Waals surface area contributed by atoms with Crippen molar-refractivity contribution in [3.63, 3.8) is 0 Å². The highest BCUT2D eigenvalue weighted by Gasteiger charge is 2.47. The minimum absolute atomic E-state index is 0.196. The SMILES string of the molecule is CCC12CCC3=C(Cc4cc(OC)c(C)cc43)C1=CCCC2=O. The van der Waals surface area contributed by atoms with Gasteiger partial charge in [-0.2, -0.15) is 0 Å². The number of benzene rings is 1. The van der Waals surface area contributed by atoms with E-state index in [2.05, 4.69) is 32.1 Å². The third-order valence-electron chi connectivity index (χ3n) is 6.18. The van der Waals surface area contributed by atoms with E-state index in [1.165, 1.54) is 33.4 Å². The molecule has 0 spiro atoms. The minimum atomic E-state index is -0.196. The topological polar surface area (TPSA) is 26.3 Å². The maximum Gasteiger partial charge on any atom is 0.143 e. The molecular weight excluding hydrogens is 284 g/mol. The largest absolute Gasteiger partial charge is 0.496 e. The van der Waals surface area contributed by atoms with Gasteiger partial charge in [-0.1, -0.05) is 13.0 Å². The second-order valence-electron chi connectivity index (χ2n) is 7.13. The van der Waals surface area contributed by atoms with Gasteiger partial charge in [0.1, 0.15) is 11.5 Å². The third-order valence-corrected chi connectivity index (χ3v) is 6.18. The Balaban J connectivity index is 1.85. The van der Waals surface area contributed by atoms with Gasteiger partial charge < -0.3 is 4.74 Å². The second-order valence-corrected chi connectivity index (χ2v) is 7.13. The zero-order chi connectivity index (χ0) is 16.2. The number of ketones is 1. The maximum absolute atomic E-state index is 12.7. The van der Waals surface area contributed by atoms with Crippen LogP contribution in [-0.2, 0) is 11.2 Å². The lowest BCUT2D eigenvalue weighted by Crippen LogP contribution is -2.37. The summed E-state index contributed by atoms with van der Waals surface area (Å²) in [4.78, 5) is 12.7. The number of aryl methyl sites for hydroxylation is 1. The summed E-state index contributed by atoms with van der Waals surface area (Å²) in [6, 6.07) is 4.47. The van der Waals surface area contributed by atoms with Gasteiger partial charge >= 0.3 is 0 Å². The van der Waals surface area contributed by atoms with Crippen molar-refractivity contribution in [2.45, 2.75) is 52.4 Å². The van der Waals surface area contributed by atoms with Crippen LogP contribution in [-0.4, -0.2) is 12.9 Å². The van der Waals surface area contributed by atoms with Crippen molar-refractivity contribution in [3.8, 4) is 5.75 Å². The van der Waals surface area contributed by atoms with E-state index in [1.54, 1.807) is 7.11 Å². The van der Waals surface area contributed by atoms with E-state index in [0.29, 0.717) is 5.78 Å². The molecule has 0 fully saturated rings. The molecule has 0 aromatic heterocycles. The number of allylic oxidation sites excluding steroid dienone is 4. The lowest BCUT2D eigenvalue weighted by Gasteiger charge is -2.41. The van der Waals surface area contributed by atoms with Crippen LogP contribution in [0.15, 0.2) is 29.4 Å². The highest BCUT2D eigenvalue weighted by Crippen LogP contribution is 2.55. The van der Waals surface area contributed by atoms with E-state index in [9.17, 15) is 4.79 Å². The molecule has 0 aliphatic heterocycles. The molecule has 23 heavy (non-hydrogen) atoms. The van der Waals surface area contributed by atoms with Crippen LogP contribution in [0.4, 0.5) is 0 Å². The Bertz CT molecular complexity index is 766. The Labute approximate surface area is 138 Å². The molecule has 0 saturated carbocycles. The third kappa shape index (κ3) is 1.90. The molecule has 0 N–H and O–H groups in total. The second kappa shape index (κ2) is 5.09. The first-order valence-electron chi connectivity index (χ1n) is 8.75. The summed E-state index contributed by atoms with van der Waals surface area (Å²) in [5.41, 5.74) is 8.03. The number of Topliss-reactive ketones (excluding diaryl/α,β-unsaturated/α-hetero) is 1. The molecule has 0 bridgehead atoms. The molecule has 4 rings (SSSR count). The summed E-state index contributed by atoms with van der Waals surface area (Å²) in [6.45, 7) is 4.29. The van der Waals surface area contributed by atoms with Crippen LogP contribution in [0.1, 0.15) is 55.7 Å². The van der Waals surface area contributed by atoms with Crippen molar-refractivity contribution in [1.82, 2.24) is 0 Å². The lowest BCUT2D eigenvalue weighted by molar-refractivity contribution is -0.127. The summed E-state index contributed by atoms with van der Waals surface area (Å²) < 4.78 is 5.50. The Morgan fingerprint density at radius 2 is 2.04 bits per heavy atom. The van der Waals surface area contributed by atoms with Crippen molar-refractivity contribution in [2.75, 3.05) is 7.11 Å². The van der Waals surface area contributed by atoms with Gasteiger partial charge in [0.2, 0.25) is 0 Å². The standard InChI is InChI=1S/C21H24O2/c1-4-21-9-8-15-16-10-13(2)19(23-3)12-14(16)11-17(15)18(21)6-5-7-20(21)22/h6,10,12H,4-5,7-9,11H2,1-3H3. The van der Waals surface area contributed by atoms with E-state index in [0.717, 1.165) is 44.3 Å². The maximum atomic E-state index is 12.7. The molecule has 1 aromatic carbocycles. The number of ether oxygens (including phenoxy) is 1. The van der Waals surface area contributed by atoms with E-state index in [-0.39, 0.29) is 5.41 Å². The molecular formula is C21H24O2. The monoisotopic (exact) mass is 308 g/mol. The van der Waals surface area contributed by atoms with Gasteiger partial charge in [-0.3, -0.25) is 4.79 Å². The summed E-state index contributed by atoms with van der Waals surface area (Å²) in [5, 5.41) is 0. The molecule has 1 aromatic rings. The quantitative estimate of drug-likeness (QED) is 0.785. The molecule has 3 aliphatic carbocycles. The lowest BCUT2D eigenvalue weighted by atomic mass is 9.61. The van der Waals surface area contributed by atoms with Gasteiger partial charge in [0.05, 0.1) is 12.5 Å². The van der Waals surface area contributed by atoms with Crippen LogP contribution < -0.4 is 4.74 Å². The molecule has 2 heteroatoms. The van der Waals surface area contributed by atoms with Gasteiger partial charge in [0.25, 0.3) is 0 Å². The van der Waals surface area contributed by atoms with Crippen molar-refractivity contribution < 1.29 is 9.53 Å². The van der Waals surface area contributed by atoms with Crippen LogP contribution >= 0.6 is 0 Å². The first-order chi connectivity index (χ1) is 11.1. The summed E-state index contributed by atoms with van der Waals surface area (Å²) in [6.07, 6.45) is 7.90. The fourth-order valence-corrected chi connectivity index (χ4v) is 4.90. The Morgan fingerprint density at radius 1 is 1.22 bits per heavy atom. The molecule has 1 atom stereocenters. The molecule has 1 unspecified atom stereocenters. The number of carbonyl (C=O) groups excluding carboxylic acids is 1. The van der Waals surface area contributed by atoms with Crippen molar-refractivity contribution >= 4 is 11.4 Å². The Hall–Kier alpha value is -1.83. The van der Waals surface area contributed by atoms with E-state index in [4.69, 9.17) is 4.74 Å². The molecule has 0 radical (unpaired) electrons. The fourth-order valence-electron chi connectivity index (χ4n) is 4.90. The van der Waals surface area contributed by atoms with E-state index < -0.39 is 0 Å². The first kappa shape index (κ1) is 14.7. The normalized spacial score (nSPS) is 25.7. The number of hydrogen-bond donors (Lipinski definition) is 0. The van der Waals surface area contributed by atoms with Gasteiger partial charge in [-0.15, -0.1) is 0 Å². The predicted molar refractivity (Wildman–Crippen MR) is 92.6 cm³/mol. The average Bonchev–Trinajstić information content (AvgIpc) is 2.92. The summed E-state index contributed by atoms with van der Waals surface area (Å²) in [7, 11) is 1.74. The van der Waals surface area contributed by atoms with Gasteiger partial charge in [0, 0.05) is 6.42 Å². The van der Waals surface area contributed by atoms with Crippen molar-refractivity contribution in [2.24, 2.45) is 5.41 Å². The zero-order valence-electron chi connectivity index (χ0n) is 14.3. The van der Waals surface area contributed by atoms with Crippen LogP contribution in [0.2, 0.25) is 0 Å². The van der Waals surface area contributed by atoms with E-state index >= 15 is 0 Å². The number of carbonyl (C=O) groups is 1. The van der Waals surface area contributed by atoms with Crippen molar-refractivity contribution in [1.29, 1.82) is 0 Å². The number of hydrogen-bond acceptors (Lipinski definition) is 2. The van der Waals surface area contributed by atoms with Gasteiger partial charge in [-0.25, -0.2) is 0 Å². The van der Waals surface area contributed by atoms with Crippen LogP contribution in [0.3, 0.4) is 0 Å². The fraction of sp³-hybridized carbons (Fsp3) is 0.476. The number of methoxy groups -OCH3 is 1. The first-order valence-corrected chi connectivity index (χ1v) is 8.75. The highest BCUT2D eigenvalue weighted by molar-refractivity contribution is 5.95. The molecule has 2 nitrogen and oxygen atoms in total. The predicted octanol–water partition coefficient (Wildman–Crippen LogP) is 4.79. The molecule has 0 heterocycles. The van der Waals surface area contributed by atoms with Gasteiger partial charge in [-0.05, 0) is 84.6 Å². The Kier molecular flexibility index (Phi) is 3.26. The summed E-state index contributed by atoms with van der Waals surface area (Å²) in [5.74, 6) is 1.44. The molecule has 0 amide bonds. The molecule has 3 aliphatic rings. The number of fused-ring (bicyclic) bond motifs is 4. The molecule has 120 valence electrons. The van der Waals surface area contributed by atoms with Crippen LogP contribution in [0, 0.1) is 12.3 Å². The molecule has 0 saturated heterocycles. The zero-order valence-corrected chi connectivity index (χ0v) is 14.3. The average molecular weight is 308 g/mol.